The van der Waals surface area contributed by atoms with Gasteiger partial charge in [-0.25, -0.2) is 0 Å². The fraction of sp³-hybridized carbons (Fsp3) is 0.700. The van der Waals surface area contributed by atoms with Gasteiger partial charge in [-0.15, -0.1) is 0 Å². The summed E-state index contributed by atoms with van der Waals surface area (Å²) < 4.78 is 6.84. The molecule has 5 fully saturated rings. The molecule has 4 bridgehead atoms. The van der Waals surface area contributed by atoms with Crippen molar-refractivity contribution >= 4 is 17.8 Å². The van der Waals surface area contributed by atoms with E-state index in [-0.39, 0.29) is 34.0 Å². The monoisotopic (exact) mass is 537 g/mol. The first-order valence-electron chi connectivity index (χ1n) is 14.6. The summed E-state index contributed by atoms with van der Waals surface area (Å²) in [4.78, 5) is 38.8. The molecule has 210 valence electrons. The molecule has 2 amide bonds. The number of benzene rings is 1. The number of carbonyl (C=O) groups excluding carboxylic acids is 2. The van der Waals surface area contributed by atoms with Crippen molar-refractivity contribution in [2.24, 2.45) is 22.7 Å². The van der Waals surface area contributed by atoms with Gasteiger partial charge in [0.15, 0.2) is 11.5 Å². The number of nitrogens with zero attached hydrogens (tertiary/aromatic N) is 1. The third-order valence-corrected chi connectivity index (χ3v) is 11.6. The number of phenolic OH excluding ortho intramolecular Hbond substituents is 1. The zero-order chi connectivity index (χ0) is 27.3. The molecule has 9 nitrogen and oxygen atoms in total. The number of aromatic hydroxyl groups is 1. The molecular formula is C30H39N3O6. The number of carbonyl (C=O) groups is 3. The van der Waals surface area contributed by atoms with Crippen molar-refractivity contribution < 1.29 is 29.3 Å². The lowest BCUT2D eigenvalue weighted by atomic mass is 9.33. The first-order chi connectivity index (χ1) is 18.6. The Kier molecular flexibility index (Phi) is 5.39. The summed E-state index contributed by atoms with van der Waals surface area (Å²) in [6.07, 6.45) is 7.17. The Morgan fingerprint density at radius 1 is 1.21 bits per heavy atom. The number of fused-ring (bicyclic) bond motifs is 2. The Morgan fingerprint density at radius 3 is 2.72 bits per heavy atom. The second kappa shape index (κ2) is 8.35. The van der Waals surface area contributed by atoms with Gasteiger partial charge in [-0.3, -0.25) is 19.3 Å². The first-order valence-corrected chi connectivity index (χ1v) is 14.6. The average Bonchev–Trinajstić information content (AvgIpc) is 3.62. The highest BCUT2D eigenvalue weighted by atomic mass is 16.5. The number of rotatable bonds is 8. The normalized spacial score (nSPS) is 37.9. The van der Waals surface area contributed by atoms with E-state index in [2.05, 4.69) is 28.5 Å². The molecule has 39 heavy (non-hydrogen) atoms. The van der Waals surface area contributed by atoms with E-state index in [0.717, 1.165) is 51.1 Å². The zero-order valence-electron chi connectivity index (χ0n) is 22.8. The fourth-order valence-corrected chi connectivity index (χ4v) is 9.77. The van der Waals surface area contributed by atoms with Gasteiger partial charge in [0, 0.05) is 47.9 Å². The highest BCUT2D eigenvalue weighted by Gasteiger charge is 2.79. The van der Waals surface area contributed by atoms with Crippen LogP contribution in [0.15, 0.2) is 12.1 Å². The number of hydrogen-bond donors (Lipinski definition) is 4. The second-order valence-corrected chi connectivity index (χ2v) is 13.5. The van der Waals surface area contributed by atoms with E-state index in [1.807, 2.05) is 0 Å². The van der Waals surface area contributed by atoms with E-state index in [1.165, 1.54) is 30.9 Å². The third kappa shape index (κ3) is 3.37. The van der Waals surface area contributed by atoms with Gasteiger partial charge >= 0.3 is 5.97 Å². The van der Waals surface area contributed by atoms with Crippen LogP contribution >= 0.6 is 0 Å². The van der Waals surface area contributed by atoms with Crippen LogP contribution in [-0.4, -0.2) is 70.7 Å². The molecule has 4 N–H and O–H groups in total. The number of aliphatic carboxylic acids is 1. The number of phenols is 1. The van der Waals surface area contributed by atoms with Gasteiger partial charge in [-0.1, -0.05) is 13.0 Å². The number of likely N-dealkylation sites (tertiary alicyclic amines) is 1. The van der Waals surface area contributed by atoms with Crippen LogP contribution in [0.2, 0.25) is 0 Å². The van der Waals surface area contributed by atoms with Crippen molar-refractivity contribution in [1.29, 1.82) is 0 Å². The molecule has 1 aromatic carbocycles. The molecule has 8 rings (SSSR count). The molecule has 4 saturated carbocycles. The van der Waals surface area contributed by atoms with Crippen molar-refractivity contribution in [2.45, 2.75) is 88.8 Å². The lowest BCUT2D eigenvalue weighted by Gasteiger charge is -2.74. The predicted octanol–water partition coefficient (Wildman–Crippen LogP) is 2.33. The summed E-state index contributed by atoms with van der Waals surface area (Å²) in [5.74, 6) is -0.175. The van der Waals surface area contributed by atoms with Gasteiger partial charge in [0.2, 0.25) is 11.8 Å². The maximum absolute atomic E-state index is 13.1. The molecule has 1 saturated heterocycles. The summed E-state index contributed by atoms with van der Waals surface area (Å²) >= 11 is 0. The van der Waals surface area contributed by atoms with E-state index < -0.39 is 30.2 Å². The van der Waals surface area contributed by atoms with E-state index in [1.54, 1.807) is 6.07 Å². The Bertz CT molecular complexity index is 1250. The topological polar surface area (TPSA) is 128 Å². The van der Waals surface area contributed by atoms with Crippen LogP contribution in [0.3, 0.4) is 0 Å². The Hall–Kier alpha value is -2.81. The quantitative estimate of drug-likeness (QED) is 0.401. The van der Waals surface area contributed by atoms with Crippen LogP contribution in [0, 0.1) is 22.7 Å². The third-order valence-electron chi connectivity index (χ3n) is 11.6. The summed E-state index contributed by atoms with van der Waals surface area (Å²) in [5.41, 5.74) is 2.25. The summed E-state index contributed by atoms with van der Waals surface area (Å²) in [5, 5.41) is 25.7. The van der Waals surface area contributed by atoms with E-state index in [9.17, 15) is 24.6 Å². The summed E-state index contributed by atoms with van der Waals surface area (Å²) in [6, 6.07) is 3.22. The highest BCUT2D eigenvalue weighted by Crippen LogP contribution is 2.78. The van der Waals surface area contributed by atoms with Gasteiger partial charge in [0.25, 0.3) is 0 Å². The van der Waals surface area contributed by atoms with Crippen LogP contribution in [0.25, 0.3) is 0 Å². The van der Waals surface area contributed by atoms with E-state index in [0.29, 0.717) is 18.3 Å². The predicted molar refractivity (Wildman–Crippen MR) is 141 cm³/mol. The lowest BCUT2D eigenvalue weighted by Crippen LogP contribution is -2.78. The molecule has 0 aromatic heterocycles. The van der Waals surface area contributed by atoms with Crippen molar-refractivity contribution in [1.82, 2.24) is 15.5 Å². The molecule has 9 heteroatoms. The Balaban J connectivity index is 1.24. The molecule has 0 unspecified atom stereocenters. The minimum atomic E-state index is -1.13. The van der Waals surface area contributed by atoms with Crippen LogP contribution < -0.4 is 15.4 Å². The molecule has 1 aromatic rings. The summed E-state index contributed by atoms with van der Waals surface area (Å²) in [7, 11) is 0. The van der Waals surface area contributed by atoms with Gasteiger partial charge in [0.1, 0.15) is 12.1 Å². The molecular weight excluding hydrogens is 498 g/mol. The zero-order valence-corrected chi connectivity index (χ0v) is 22.8. The van der Waals surface area contributed by atoms with Crippen molar-refractivity contribution in [3.8, 4) is 11.5 Å². The van der Waals surface area contributed by atoms with Crippen LogP contribution in [0.1, 0.15) is 69.9 Å². The summed E-state index contributed by atoms with van der Waals surface area (Å²) in [6.45, 7) is 6.20. The maximum Gasteiger partial charge on any atom is 0.305 e. The number of ether oxygens (including phenoxy) is 1. The number of hydrogen-bond acceptors (Lipinski definition) is 6. The van der Waals surface area contributed by atoms with Crippen LogP contribution in [0.4, 0.5) is 0 Å². The maximum atomic E-state index is 13.1. The number of carboxylic acids is 1. The molecule has 2 aliphatic heterocycles. The Morgan fingerprint density at radius 2 is 2.00 bits per heavy atom. The largest absolute Gasteiger partial charge is 0.504 e. The van der Waals surface area contributed by atoms with Gasteiger partial charge in [0.05, 0.1) is 6.42 Å². The van der Waals surface area contributed by atoms with E-state index in [4.69, 9.17) is 4.74 Å². The van der Waals surface area contributed by atoms with Crippen LogP contribution in [-0.2, 0) is 26.2 Å². The smallest absolute Gasteiger partial charge is 0.305 e. The number of amides is 2. The Labute approximate surface area is 228 Å². The van der Waals surface area contributed by atoms with Crippen LogP contribution in [0.5, 0.6) is 11.5 Å². The number of piperidine rings is 1. The standard InChI is InChI=1S/C30H39N3O6/c1-16(34)32-20(12-23(36)37)26(38)31-14-19-13-29-8-7-28(19,2)27-30(29)9-10-33(15-17-3-4-17)22(29)11-18-5-6-21(35)25(39-27)24(18)30/h5-6,17,19-20,22,27,35H,3-4,7-15H2,1-2H3,(H,31,38)(H,32,34)(H,36,37)/t19-,20+,22-,27+,28+,29-,30+/m1/s1. The van der Waals surface area contributed by atoms with Crippen molar-refractivity contribution in [3.63, 3.8) is 0 Å². The molecule has 0 radical (unpaired) electrons. The first kappa shape index (κ1) is 25.2. The molecule has 5 aliphatic carbocycles. The molecule has 2 spiro atoms. The van der Waals surface area contributed by atoms with Gasteiger partial charge < -0.3 is 25.6 Å². The van der Waals surface area contributed by atoms with Crippen molar-refractivity contribution in [2.75, 3.05) is 19.6 Å². The molecule has 2 heterocycles. The fourth-order valence-electron chi connectivity index (χ4n) is 9.77. The van der Waals surface area contributed by atoms with Gasteiger partial charge in [-0.05, 0) is 75.0 Å². The SMILES string of the molecule is CC(=O)N[C@@H](CC(=O)O)C(=O)NC[C@H]1C[C@@]23CC[C@]1(C)[C@@H]1Oc4c(O)ccc5c4[C@@]12CCN(CC1CC1)[C@@H]3C5. The van der Waals surface area contributed by atoms with E-state index >= 15 is 0 Å². The number of carboxylic acid groups (broad SMARTS) is 1. The minimum absolute atomic E-state index is 0.00209. The number of nitrogens with one attached hydrogen (secondary N) is 2. The minimum Gasteiger partial charge on any atom is -0.504 e. The highest BCUT2D eigenvalue weighted by molar-refractivity contribution is 5.90. The molecule has 7 aliphatic rings. The lowest BCUT2D eigenvalue weighted by molar-refractivity contribution is -0.233. The average molecular weight is 538 g/mol. The second-order valence-electron chi connectivity index (χ2n) is 13.5. The van der Waals surface area contributed by atoms with Gasteiger partial charge in [-0.2, -0.15) is 0 Å². The van der Waals surface area contributed by atoms with Crippen molar-refractivity contribution in [3.05, 3.63) is 23.3 Å². The molecule has 7 atom stereocenters.